The van der Waals surface area contributed by atoms with Gasteiger partial charge in [0.25, 0.3) is 5.91 Å². The molecule has 1 fully saturated rings. The van der Waals surface area contributed by atoms with Crippen LogP contribution in [-0.4, -0.2) is 39.6 Å². The molecule has 0 unspecified atom stereocenters. The molecule has 0 bridgehead atoms. The van der Waals surface area contributed by atoms with E-state index < -0.39 is 0 Å². The van der Waals surface area contributed by atoms with Crippen molar-refractivity contribution in [3.8, 4) is 11.5 Å². The van der Waals surface area contributed by atoms with Crippen LogP contribution in [0.1, 0.15) is 30.1 Å². The van der Waals surface area contributed by atoms with E-state index in [1.807, 2.05) is 6.92 Å². The number of phenols is 2. The Hall–Kier alpha value is -1.75. The third-order valence-corrected chi connectivity index (χ3v) is 3.28. The maximum atomic E-state index is 12.1. The Bertz CT molecular complexity index is 447. The Morgan fingerprint density at radius 3 is 2.44 bits per heavy atom. The van der Waals surface area contributed by atoms with Gasteiger partial charge in [-0.25, -0.2) is 0 Å². The molecule has 0 radical (unpaired) electrons. The summed E-state index contributed by atoms with van der Waals surface area (Å²) in [5, 5.41) is 19.2. The van der Waals surface area contributed by atoms with Crippen molar-refractivity contribution in [1.29, 1.82) is 0 Å². The molecule has 4 N–H and O–H groups in total. The molecule has 0 aromatic heterocycles. The van der Waals surface area contributed by atoms with Crippen LogP contribution in [-0.2, 0) is 0 Å². The van der Waals surface area contributed by atoms with E-state index in [0.29, 0.717) is 13.1 Å². The molecule has 1 aliphatic heterocycles. The molecule has 1 heterocycles. The molecule has 98 valence electrons. The summed E-state index contributed by atoms with van der Waals surface area (Å²) in [6.45, 7) is 2.98. The third kappa shape index (κ3) is 2.13. The van der Waals surface area contributed by atoms with Gasteiger partial charge in [-0.2, -0.15) is 0 Å². The van der Waals surface area contributed by atoms with Gasteiger partial charge in [0.1, 0.15) is 17.1 Å². The van der Waals surface area contributed by atoms with Crippen LogP contribution in [0.3, 0.4) is 0 Å². The Kier molecular flexibility index (Phi) is 3.17. The van der Waals surface area contributed by atoms with Crippen LogP contribution in [0.2, 0.25) is 0 Å². The average Bonchev–Trinajstić information content (AvgIpc) is 2.25. The number of nitrogens with two attached hydrogens (primary N) is 1. The van der Waals surface area contributed by atoms with Crippen molar-refractivity contribution in [1.82, 2.24) is 4.90 Å². The van der Waals surface area contributed by atoms with Crippen LogP contribution in [0, 0.1) is 0 Å². The molecule has 1 aliphatic rings. The molecule has 0 saturated carbocycles. The first kappa shape index (κ1) is 12.7. The number of carbonyl (C=O) groups excluding carboxylic acids is 1. The lowest BCUT2D eigenvalue weighted by molar-refractivity contribution is 0.0381. The molecule has 1 aromatic carbocycles. The summed E-state index contributed by atoms with van der Waals surface area (Å²) in [6.07, 6.45) is 1.84. The summed E-state index contributed by atoms with van der Waals surface area (Å²) < 4.78 is 0. The molecule has 5 nitrogen and oxygen atoms in total. The maximum Gasteiger partial charge on any atom is 0.261 e. The molecular weight excluding hydrogens is 232 g/mol. The van der Waals surface area contributed by atoms with Crippen molar-refractivity contribution in [2.24, 2.45) is 5.73 Å². The van der Waals surface area contributed by atoms with Crippen LogP contribution in [0.4, 0.5) is 0 Å². The molecule has 1 saturated heterocycles. The molecule has 0 aliphatic carbocycles. The fraction of sp³-hybridized carbons (Fsp3) is 0.462. The Labute approximate surface area is 106 Å². The van der Waals surface area contributed by atoms with E-state index in [2.05, 4.69) is 0 Å². The highest BCUT2D eigenvalue weighted by atomic mass is 16.3. The second-order valence-electron chi connectivity index (χ2n) is 4.94. The molecule has 1 aromatic rings. The van der Waals surface area contributed by atoms with Crippen molar-refractivity contribution in [2.45, 2.75) is 25.3 Å². The molecular formula is C13H18N2O3. The minimum atomic E-state index is -0.372. The summed E-state index contributed by atoms with van der Waals surface area (Å²) in [7, 11) is 0. The van der Waals surface area contributed by atoms with Gasteiger partial charge < -0.3 is 20.8 Å². The van der Waals surface area contributed by atoms with E-state index in [1.54, 1.807) is 4.90 Å². The number of hydrogen-bond donors (Lipinski definition) is 3. The fourth-order valence-corrected chi connectivity index (χ4v) is 2.42. The second kappa shape index (κ2) is 4.49. The van der Waals surface area contributed by atoms with Gasteiger partial charge in [0, 0.05) is 13.1 Å². The lowest BCUT2D eigenvalue weighted by Crippen LogP contribution is -2.68. The Balaban J connectivity index is 2.11. The topological polar surface area (TPSA) is 86.8 Å². The van der Waals surface area contributed by atoms with Crippen molar-refractivity contribution in [3.05, 3.63) is 23.8 Å². The number of aromatic hydroxyl groups is 2. The van der Waals surface area contributed by atoms with Crippen LogP contribution in [0.5, 0.6) is 11.5 Å². The van der Waals surface area contributed by atoms with Gasteiger partial charge in [0.15, 0.2) is 0 Å². The predicted octanol–water partition coefficient (Wildman–Crippen LogP) is 1.05. The lowest BCUT2D eigenvalue weighted by Gasteiger charge is -2.47. The van der Waals surface area contributed by atoms with Gasteiger partial charge in [-0.15, -0.1) is 0 Å². The van der Waals surface area contributed by atoms with Crippen molar-refractivity contribution in [3.63, 3.8) is 0 Å². The monoisotopic (exact) mass is 250 g/mol. The second-order valence-corrected chi connectivity index (χ2v) is 4.94. The largest absolute Gasteiger partial charge is 0.507 e. The fourth-order valence-electron chi connectivity index (χ4n) is 2.42. The van der Waals surface area contributed by atoms with Crippen molar-refractivity contribution < 1.29 is 15.0 Å². The zero-order valence-electron chi connectivity index (χ0n) is 10.4. The van der Waals surface area contributed by atoms with Crippen molar-refractivity contribution >= 4 is 5.91 Å². The summed E-state index contributed by atoms with van der Waals surface area (Å²) in [6, 6.07) is 4.25. The van der Waals surface area contributed by atoms with Crippen LogP contribution in [0.15, 0.2) is 18.2 Å². The molecule has 2 rings (SSSR count). The van der Waals surface area contributed by atoms with Gasteiger partial charge in [0.2, 0.25) is 0 Å². The van der Waals surface area contributed by atoms with E-state index in [9.17, 15) is 15.0 Å². The summed E-state index contributed by atoms with van der Waals surface area (Å²) in [5.74, 6) is -0.780. The number of carbonyl (C=O) groups is 1. The highest BCUT2D eigenvalue weighted by Crippen LogP contribution is 2.31. The first-order chi connectivity index (χ1) is 8.47. The smallest absolute Gasteiger partial charge is 0.261 e. The predicted molar refractivity (Wildman–Crippen MR) is 67.5 cm³/mol. The molecule has 18 heavy (non-hydrogen) atoms. The number of likely N-dealkylation sites (tertiary alicyclic amines) is 1. The van der Waals surface area contributed by atoms with Crippen molar-refractivity contribution in [2.75, 3.05) is 13.1 Å². The molecule has 1 amide bonds. The molecule has 5 heteroatoms. The quantitative estimate of drug-likeness (QED) is 0.748. The Morgan fingerprint density at radius 2 is 1.94 bits per heavy atom. The van der Waals surface area contributed by atoms with E-state index in [4.69, 9.17) is 5.73 Å². The highest BCUT2D eigenvalue weighted by Gasteiger charge is 2.42. The number of rotatable bonds is 3. The van der Waals surface area contributed by atoms with Gasteiger partial charge >= 0.3 is 0 Å². The maximum absolute atomic E-state index is 12.1. The highest BCUT2D eigenvalue weighted by molar-refractivity contribution is 6.00. The van der Waals surface area contributed by atoms with Crippen LogP contribution >= 0.6 is 0 Å². The minimum absolute atomic E-state index is 0.0453. The first-order valence-electron chi connectivity index (χ1n) is 6.06. The first-order valence-corrected chi connectivity index (χ1v) is 6.06. The molecule has 0 spiro atoms. The number of nitrogens with zero attached hydrogens (tertiary/aromatic N) is 1. The number of hydrogen-bond acceptors (Lipinski definition) is 4. The van der Waals surface area contributed by atoms with E-state index in [0.717, 1.165) is 12.8 Å². The normalized spacial score (nSPS) is 17.3. The van der Waals surface area contributed by atoms with Crippen LogP contribution in [0.25, 0.3) is 0 Å². The third-order valence-electron chi connectivity index (χ3n) is 3.28. The zero-order chi connectivity index (χ0) is 13.3. The average molecular weight is 250 g/mol. The Morgan fingerprint density at radius 1 is 1.39 bits per heavy atom. The number of benzene rings is 1. The number of phenolic OH excluding ortho intramolecular Hbond substituents is 2. The van der Waals surface area contributed by atoms with E-state index in [1.165, 1.54) is 18.2 Å². The summed E-state index contributed by atoms with van der Waals surface area (Å²) in [4.78, 5) is 13.7. The SMILES string of the molecule is CCCC1(N)CN(C(=O)c2c(O)cccc2O)C1. The minimum Gasteiger partial charge on any atom is -0.507 e. The lowest BCUT2D eigenvalue weighted by atomic mass is 9.86. The molecule has 0 atom stereocenters. The van der Waals surface area contributed by atoms with E-state index >= 15 is 0 Å². The van der Waals surface area contributed by atoms with Gasteiger partial charge in [-0.05, 0) is 18.6 Å². The van der Waals surface area contributed by atoms with Gasteiger partial charge in [-0.1, -0.05) is 19.4 Å². The zero-order valence-corrected chi connectivity index (χ0v) is 10.4. The van der Waals surface area contributed by atoms with Crippen LogP contribution < -0.4 is 5.73 Å². The van der Waals surface area contributed by atoms with Gasteiger partial charge in [0.05, 0.1) is 5.54 Å². The van der Waals surface area contributed by atoms with Gasteiger partial charge in [-0.3, -0.25) is 4.79 Å². The number of amides is 1. The van der Waals surface area contributed by atoms with E-state index in [-0.39, 0.29) is 28.5 Å². The summed E-state index contributed by atoms with van der Waals surface area (Å²) in [5.41, 5.74) is 5.72. The summed E-state index contributed by atoms with van der Waals surface area (Å²) >= 11 is 0. The standard InChI is InChI=1S/C13H18N2O3/c1-2-6-13(14)7-15(8-13)12(18)11-9(16)4-3-5-10(11)17/h3-5,16-17H,2,6-8,14H2,1H3.